The topological polar surface area (TPSA) is 70.0 Å². The van der Waals surface area contributed by atoms with Gasteiger partial charge in [-0.25, -0.2) is 13.1 Å². The molecule has 0 saturated heterocycles. The first-order valence-corrected chi connectivity index (χ1v) is 8.20. The molecule has 108 valence electrons. The third-order valence-electron chi connectivity index (χ3n) is 3.14. The van der Waals surface area contributed by atoms with Crippen LogP contribution in [-0.2, 0) is 15.8 Å². The van der Waals surface area contributed by atoms with E-state index in [-0.39, 0.29) is 11.8 Å². The summed E-state index contributed by atoms with van der Waals surface area (Å²) < 4.78 is 27.1. The number of rotatable bonds is 5. The van der Waals surface area contributed by atoms with Crippen LogP contribution in [0.15, 0.2) is 54.6 Å². The van der Waals surface area contributed by atoms with Crippen LogP contribution in [0.3, 0.4) is 0 Å². The molecule has 0 fully saturated rings. The average molecular weight is 300 g/mol. The van der Waals surface area contributed by atoms with Gasteiger partial charge in [0.25, 0.3) is 0 Å². The third-order valence-corrected chi connectivity index (χ3v) is 4.54. The second kappa shape index (κ2) is 6.53. The summed E-state index contributed by atoms with van der Waals surface area (Å²) in [4.78, 5) is 0. The summed E-state index contributed by atoms with van der Waals surface area (Å²) in [5.41, 5.74) is 1.79. The molecule has 0 aliphatic rings. The monoisotopic (exact) mass is 300 g/mol. The van der Waals surface area contributed by atoms with Crippen molar-refractivity contribution < 1.29 is 8.42 Å². The maximum atomic E-state index is 12.2. The van der Waals surface area contributed by atoms with Crippen LogP contribution in [0.5, 0.6) is 0 Å². The quantitative estimate of drug-likeness (QED) is 0.923. The highest BCUT2D eigenvalue weighted by Gasteiger charge is 2.17. The Kier molecular flexibility index (Phi) is 4.73. The second-order valence-corrected chi connectivity index (χ2v) is 6.53. The number of nitriles is 1. The van der Waals surface area contributed by atoms with E-state index in [4.69, 9.17) is 5.26 Å². The molecule has 4 nitrogen and oxygen atoms in total. The molecule has 0 aliphatic carbocycles. The normalized spacial score (nSPS) is 12.6. The number of hydrogen-bond donors (Lipinski definition) is 1. The van der Waals surface area contributed by atoms with Gasteiger partial charge in [-0.1, -0.05) is 48.5 Å². The van der Waals surface area contributed by atoms with Crippen LogP contribution in [0.1, 0.15) is 29.7 Å². The van der Waals surface area contributed by atoms with Gasteiger partial charge < -0.3 is 0 Å². The van der Waals surface area contributed by atoms with Crippen LogP contribution >= 0.6 is 0 Å². The molecule has 0 unspecified atom stereocenters. The molecule has 0 radical (unpaired) electrons. The first-order chi connectivity index (χ1) is 10.0. The van der Waals surface area contributed by atoms with Crippen molar-refractivity contribution in [3.8, 4) is 6.07 Å². The minimum Gasteiger partial charge on any atom is -0.212 e. The van der Waals surface area contributed by atoms with Crippen molar-refractivity contribution in [3.63, 3.8) is 0 Å². The molecule has 0 heterocycles. The fraction of sp³-hybridized carbons (Fsp3) is 0.188. The summed E-state index contributed by atoms with van der Waals surface area (Å²) in [5.74, 6) is -0.200. The molecular weight excluding hydrogens is 284 g/mol. The van der Waals surface area contributed by atoms with E-state index in [2.05, 4.69) is 4.72 Å². The lowest BCUT2D eigenvalue weighted by Crippen LogP contribution is -2.28. The zero-order valence-corrected chi connectivity index (χ0v) is 12.5. The molecule has 2 aromatic carbocycles. The Balaban J connectivity index is 2.14. The fourth-order valence-corrected chi connectivity index (χ4v) is 3.50. The minimum atomic E-state index is -3.52. The number of nitrogens with one attached hydrogen (secondary N) is 1. The van der Waals surface area contributed by atoms with Gasteiger partial charge in [0.2, 0.25) is 10.0 Å². The number of sulfonamides is 1. The molecule has 0 aromatic heterocycles. The highest BCUT2D eigenvalue weighted by Crippen LogP contribution is 2.16. The maximum absolute atomic E-state index is 12.2. The summed E-state index contributed by atoms with van der Waals surface area (Å²) in [6.45, 7) is 1.79. The summed E-state index contributed by atoms with van der Waals surface area (Å²) in [6, 6.07) is 17.8. The molecule has 2 rings (SSSR count). The molecule has 2 aromatic rings. The van der Waals surface area contributed by atoms with E-state index in [0.29, 0.717) is 11.1 Å². The van der Waals surface area contributed by atoms with E-state index in [1.807, 2.05) is 36.4 Å². The minimum absolute atomic E-state index is 0.200. The van der Waals surface area contributed by atoms with Crippen molar-refractivity contribution in [1.82, 2.24) is 4.72 Å². The Labute approximate surface area is 125 Å². The van der Waals surface area contributed by atoms with Crippen LogP contribution in [0.4, 0.5) is 0 Å². The molecule has 0 saturated carbocycles. The molecule has 0 bridgehead atoms. The SMILES string of the molecule is C[C@@H](NS(=O)(=O)Cc1ccccc1C#N)c1ccccc1. The second-order valence-electron chi connectivity index (χ2n) is 4.78. The van der Waals surface area contributed by atoms with Gasteiger partial charge in [0.15, 0.2) is 0 Å². The Bertz CT molecular complexity index is 749. The van der Waals surface area contributed by atoms with Crippen molar-refractivity contribution in [2.24, 2.45) is 0 Å². The van der Waals surface area contributed by atoms with E-state index in [0.717, 1.165) is 5.56 Å². The number of nitrogens with zero attached hydrogens (tertiary/aromatic N) is 1. The standard InChI is InChI=1S/C16H16N2O2S/c1-13(14-7-3-2-4-8-14)18-21(19,20)12-16-10-6-5-9-15(16)11-17/h2-10,13,18H,12H2,1H3/t13-/m1/s1. The summed E-state index contributed by atoms with van der Waals surface area (Å²) in [5, 5.41) is 9.01. The van der Waals surface area contributed by atoms with Gasteiger partial charge in [0.1, 0.15) is 0 Å². The predicted octanol–water partition coefficient (Wildman–Crippen LogP) is 2.74. The highest BCUT2D eigenvalue weighted by atomic mass is 32.2. The first-order valence-electron chi connectivity index (χ1n) is 6.55. The lowest BCUT2D eigenvalue weighted by molar-refractivity contribution is 0.566. The van der Waals surface area contributed by atoms with Gasteiger partial charge in [-0.2, -0.15) is 5.26 Å². The molecule has 5 heteroatoms. The Morgan fingerprint density at radius 2 is 1.71 bits per heavy atom. The Morgan fingerprint density at radius 3 is 2.38 bits per heavy atom. The smallest absolute Gasteiger partial charge is 0.212 e. The van der Waals surface area contributed by atoms with Crippen LogP contribution in [0.25, 0.3) is 0 Å². The van der Waals surface area contributed by atoms with Crippen molar-refractivity contribution in [3.05, 3.63) is 71.3 Å². The van der Waals surface area contributed by atoms with Gasteiger partial charge in [0.05, 0.1) is 17.4 Å². The van der Waals surface area contributed by atoms with Crippen molar-refractivity contribution >= 4 is 10.0 Å². The van der Waals surface area contributed by atoms with E-state index < -0.39 is 10.0 Å². The van der Waals surface area contributed by atoms with E-state index in [9.17, 15) is 8.42 Å². The van der Waals surface area contributed by atoms with Gasteiger partial charge >= 0.3 is 0 Å². The van der Waals surface area contributed by atoms with Gasteiger partial charge in [-0.15, -0.1) is 0 Å². The van der Waals surface area contributed by atoms with Crippen LogP contribution in [-0.4, -0.2) is 8.42 Å². The zero-order chi connectivity index (χ0) is 15.3. The van der Waals surface area contributed by atoms with Gasteiger partial charge in [-0.3, -0.25) is 0 Å². The molecule has 1 N–H and O–H groups in total. The van der Waals surface area contributed by atoms with Crippen LogP contribution in [0.2, 0.25) is 0 Å². The van der Waals surface area contributed by atoms with Crippen LogP contribution < -0.4 is 4.72 Å². The predicted molar refractivity (Wildman–Crippen MR) is 81.8 cm³/mol. The maximum Gasteiger partial charge on any atom is 0.216 e. The van der Waals surface area contributed by atoms with Gasteiger partial charge in [0, 0.05) is 6.04 Å². The molecule has 1 atom stereocenters. The Morgan fingerprint density at radius 1 is 1.10 bits per heavy atom. The third kappa shape index (κ3) is 4.15. The molecule has 0 aliphatic heterocycles. The van der Waals surface area contributed by atoms with E-state index in [1.165, 1.54) is 0 Å². The van der Waals surface area contributed by atoms with Crippen molar-refractivity contribution in [2.45, 2.75) is 18.7 Å². The lowest BCUT2D eigenvalue weighted by Gasteiger charge is -2.15. The average Bonchev–Trinajstić information content (AvgIpc) is 2.47. The van der Waals surface area contributed by atoms with Crippen LogP contribution in [0, 0.1) is 11.3 Å². The molecule has 0 amide bonds. The van der Waals surface area contributed by atoms with E-state index in [1.54, 1.807) is 31.2 Å². The number of benzene rings is 2. The van der Waals surface area contributed by atoms with E-state index >= 15 is 0 Å². The lowest BCUT2D eigenvalue weighted by atomic mass is 10.1. The largest absolute Gasteiger partial charge is 0.216 e. The summed E-state index contributed by atoms with van der Waals surface area (Å²) in [7, 11) is -3.52. The number of hydrogen-bond acceptors (Lipinski definition) is 3. The fourth-order valence-electron chi connectivity index (χ4n) is 2.08. The van der Waals surface area contributed by atoms with Crippen molar-refractivity contribution in [2.75, 3.05) is 0 Å². The summed E-state index contributed by atoms with van der Waals surface area (Å²) in [6.07, 6.45) is 0. The Hall–Kier alpha value is -2.16. The molecule has 21 heavy (non-hydrogen) atoms. The van der Waals surface area contributed by atoms with Gasteiger partial charge in [-0.05, 0) is 24.1 Å². The molecular formula is C16H16N2O2S. The zero-order valence-electron chi connectivity index (χ0n) is 11.7. The summed E-state index contributed by atoms with van der Waals surface area (Å²) >= 11 is 0. The van der Waals surface area contributed by atoms with Crippen molar-refractivity contribution in [1.29, 1.82) is 5.26 Å². The first kappa shape index (κ1) is 15.2. The molecule has 0 spiro atoms. The highest BCUT2D eigenvalue weighted by molar-refractivity contribution is 7.88.